The molecule has 12 heavy (non-hydrogen) atoms. The molecule has 0 aromatic rings. The lowest BCUT2D eigenvalue weighted by Gasteiger charge is -1.95. The number of amides is 2. The van der Waals surface area contributed by atoms with Crippen molar-refractivity contribution in [3.8, 4) is 0 Å². The molecule has 2 amide bonds. The van der Waals surface area contributed by atoms with Gasteiger partial charge in [-0.05, 0) is 0 Å². The first-order valence-electron chi connectivity index (χ1n) is 2.95. The van der Waals surface area contributed by atoms with E-state index in [4.69, 9.17) is 10.8 Å². The average Bonchev–Trinajstić information content (AvgIpc) is 1.83. The Morgan fingerprint density at radius 3 is 2.00 bits per heavy atom. The SMILES string of the molecule is NC(=O)/C=C(/CC(N)=O)C(=O)O. The van der Waals surface area contributed by atoms with Crippen LogP contribution >= 0.6 is 0 Å². The summed E-state index contributed by atoms with van der Waals surface area (Å²) >= 11 is 0. The fourth-order valence-corrected chi connectivity index (χ4v) is 0.548. The van der Waals surface area contributed by atoms with Gasteiger partial charge in [0.1, 0.15) is 0 Å². The van der Waals surface area contributed by atoms with Gasteiger partial charge in [0, 0.05) is 6.08 Å². The maximum absolute atomic E-state index is 10.3. The number of primary amides is 2. The molecule has 0 aromatic heterocycles. The Labute approximate surface area is 67.8 Å². The molecule has 66 valence electrons. The van der Waals surface area contributed by atoms with E-state index >= 15 is 0 Å². The maximum atomic E-state index is 10.3. The standard InChI is InChI=1S/C6H8N2O4/c7-4(9)1-3(6(11)12)2-5(8)10/h1H,2H2,(H2,7,9)(H2,8,10)(H,11,12)/b3-1-. The Morgan fingerprint density at radius 2 is 1.75 bits per heavy atom. The molecular formula is C6H8N2O4. The van der Waals surface area contributed by atoms with Crippen LogP contribution in [0.5, 0.6) is 0 Å². The summed E-state index contributed by atoms with van der Waals surface area (Å²) in [4.78, 5) is 30.8. The summed E-state index contributed by atoms with van der Waals surface area (Å²) in [6.07, 6.45) is 0.158. The molecule has 6 heteroatoms. The van der Waals surface area contributed by atoms with Gasteiger partial charge in [0.05, 0.1) is 12.0 Å². The highest BCUT2D eigenvalue weighted by Gasteiger charge is 2.11. The molecule has 0 aliphatic carbocycles. The third-order valence-corrected chi connectivity index (χ3v) is 0.956. The van der Waals surface area contributed by atoms with Gasteiger partial charge in [-0.15, -0.1) is 0 Å². The summed E-state index contributed by atoms with van der Waals surface area (Å²) in [6.45, 7) is 0. The van der Waals surface area contributed by atoms with Crippen molar-refractivity contribution >= 4 is 17.8 Å². The molecule has 0 bridgehead atoms. The quantitative estimate of drug-likeness (QED) is 0.440. The number of hydrogen-bond donors (Lipinski definition) is 3. The first kappa shape index (κ1) is 10.2. The lowest BCUT2D eigenvalue weighted by Crippen LogP contribution is -2.17. The molecule has 0 rings (SSSR count). The summed E-state index contributed by atoms with van der Waals surface area (Å²) in [6, 6.07) is 0. The Morgan fingerprint density at radius 1 is 1.25 bits per heavy atom. The molecule has 0 aliphatic heterocycles. The molecule has 0 saturated heterocycles. The zero-order valence-corrected chi connectivity index (χ0v) is 6.11. The molecule has 0 heterocycles. The molecule has 0 fully saturated rings. The van der Waals surface area contributed by atoms with Crippen LogP contribution in [0.15, 0.2) is 11.6 Å². The van der Waals surface area contributed by atoms with E-state index in [1.807, 2.05) is 0 Å². The van der Waals surface area contributed by atoms with Gasteiger partial charge >= 0.3 is 5.97 Å². The van der Waals surface area contributed by atoms with Crippen LogP contribution < -0.4 is 11.5 Å². The third kappa shape index (κ3) is 4.04. The van der Waals surface area contributed by atoms with Crippen LogP contribution in [0.3, 0.4) is 0 Å². The minimum absolute atomic E-state index is 0.407. The summed E-state index contributed by atoms with van der Waals surface area (Å²) in [7, 11) is 0. The first-order chi connectivity index (χ1) is 5.43. The third-order valence-electron chi connectivity index (χ3n) is 0.956. The second-order valence-corrected chi connectivity index (χ2v) is 2.02. The smallest absolute Gasteiger partial charge is 0.332 e. The molecule has 6 nitrogen and oxygen atoms in total. The van der Waals surface area contributed by atoms with Gasteiger partial charge in [0.15, 0.2) is 0 Å². The Bertz CT molecular complexity index is 256. The minimum atomic E-state index is -1.38. The van der Waals surface area contributed by atoms with Crippen LogP contribution in [0.2, 0.25) is 0 Å². The fraction of sp³-hybridized carbons (Fsp3) is 0.167. The second kappa shape index (κ2) is 4.12. The number of hydrogen-bond acceptors (Lipinski definition) is 3. The molecule has 0 aromatic carbocycles. The van der Waals surface area contributed by atoms with Crippen molar-refractivity contribution in [2.45, 2.75) is 6.42 Å². The van der Waals surface area contributed by atoms with E-state index < -0.39 is 29.8 Å². The van der Waals surface area contributed by atoms with Crippen molar-refractivity contribution in [3.05, 3.63) is 11.6 Å². The van der Waals surface area contributed by atoms with Gasteiger partial charge in [0.2, 0.25) is 11.8 Å². The van der Waals surface area contributed by atoms with Crippen molar-refractivity contribution in [1.82, 2.24) is 0 Å². The van der Waals surface area contributed by atoms with Crippen molar-refractivity contribution < 1.29 is 19.5 Å². The average molecular weight is 172 g/mol. The number of carboxylic acid groups (broad SMARTS) is 1. The summed E-state index contributed by atoms with van der Waals surface area (Å²) in [5.74, 6) is -3.13. The molecule has 0 radical (unpaired) electrons. The number of nitrogens with two attached hydrogens (primary N) is 2. The van der Waals surface area contributed by atoms with Crippen LogP contribution in [-0.2, 0) is 14.4 Å². The van der Waals surface area contributed by atoms with E-state index in [0.717, 1.165) is 0 Å². The van der Waals surface area contributed by atoms with Gasteiger partial charge in [0.25, 0.3) is 0 Å². The first-order valence-corrected chi connectivity index (χ1v) is 2.95. The molecule has 0 aliphatic rings. The van der Waals surface area contributed by atoms with Gasteiger partial charge in [-0.3, -0.25) is 9.59 Å². The molecule has 0 saturated carbocycles. The topological polar surface area (TPSA) is 123 Å². The van der Waals surface area contributed by atoms with Gasteiger partial charge in [-0.25, -0.2) is 4.79 Å². The largest absolute Gasteiger partial charge is 0.478 e. The van der Waals surface area contributed by atoms with Crippen molar-refractivity contribution in [2.24, 2.45) is 11.5 Å². The van der Waals surface area contributed by atoms with E-state index in [1.165, 1.54) is 0 Å². The Hall–Kier alpha value is -1.85. The van der Waals surface area contributed by atoms with E-state index in [0.29, 0.717) is 6.08 Å². The van der Waals surface area contributed by atoms with Crippen molar-refractivity contribution in [1.29, 1.82) is 0 Å². The highest BCUT2D eigenvalue weighted by atomic mass is 16.4. The fourth-order valence-electron chi connectivity index (χ4n) is 0.548. The monoisotopic (exact) mass is 172 g/mol. The van der Waals surface area contributed by atoms with E-state index in [1.54, 1.807) is 0 Å². The molecule has 0 unspecified atom stereocenters. The number of aliphatic carboxylic acids is 1. The summed E-state index contributed by atoms with van der Waals surface area (Å²) < 4.78 is 0. The van der Waals surface area contributed by atoms with Gasteiger partial charge in [-0.2, -0.15) is 0 Å². The Kier molecular flexibility index (Phi) is 3.48. The van der Waals surface area contributed by atoms with E-state index in [2.05, 4.69) is 5.73 Å². The zero-order chi connectivity index (χ0) is 9.72. The maximum Gasteiger partial charge on any atom is 0.332 e. The van der Waals surface area contributed by atoms with Crippen LogP contribution in [0.4, 0.5) is 0 Å². The Balaban J connectivity index is 4.55. The number of carbonyl (C=O) groups is 3. The predicted octanol–water partition coefficient (Wildman–Crippen LogP) is -1.64. The van der Waals surface area contributed by atoms with Gasteiger partial charge < -0.3 is 16.6 Å². The summed E-state index contributed by atoms with van der Waals surface area (Å²) in [5.41, 5.74) is 8.98. The van der Waals surface area contributed by atoms with Crippen LogP contribution in [0.1, 0.15) is 6.42 Å². The zero-order valence-electron chi connectivity index (χ0n) is 6.11. The molecule has 0 spiro atoms. The van der Waals surface area contributed by atoms with Crippen molar-refractivity contribution in [3.63, 3.8) is 0 Å². The van der Waals surface area contributed by atoms with Gasteiger partial charge in [-0.1, -0.05) is 0 Å². The highest BCUT2D eigenvalue weighted by Crippen LogP contribution is 1.99. The predicted molar refractivity (Wildman–Crippen MR) is 38.7 cm³/mol. The van der Waals surface area contributed by atoms with Crippen LogP contribution in [0.25, 0.3) is 0 Å². The minimum Gasteiger partial charge on any atom is -0.478 e. The molecule has 0 atom stereocenters. The second-order valence-electron chi connectivity index (χ2n) is 2.02. The van der Waals surface area contributed by atoms with E-state index in [9.17, 15) is 14.4 Å². The number of carboxylic acids is 1. The van der Waals surface area contributed by atoms with Crippen molar-refractivity contribution in [2.75, 3.05) is 0 Å². The number of rotatable bonds is 4. The highest BCUT2D eigenvalue weighted by molar-refractivity contribution is 6.00. The number of carbonyl (C=O) groups excluding carboxylic acids is 2. The lowest BCUT2D eigenvalue weighted by atomic mass is 10.1. The summed E-state index contributed by atoms with van der Waals surface area (Å²) in [5, 5.41) is 8.39. The molecular weight excluding hydrogens is 164 g/mol. The normalized spacial score (nSPS) is 10.8. The van der Waals surface area contributed by atoms with Crippen LogP contribution in [0, 0.1) is 0 Å². The van der Waals surface area contributed by atoms with Crippen LogP contribution in [-0.4, -0.2) is 22.9 Å². The lowest BCUT2D eigenvalue weighted by molar-refractivity contribution is -0.134. The van der Waals surface area contributed by atoms with E-state index in [-0.39, 0.29) is 0 Å². The molecule has 5 N–H and O–H groups in total.